The fraction of sp³-hybridized carbons (Fsp3) is 0.952. The lowest BCUT2D eigenvalue weighted by Gasteiger charge is -2.70. The number of hydrogen-bond acceptors (Lipinski definition) is 14. The molecule has 21 atom stereocenters. The largest absolute Gasteiger partial charge is 0.394 e. The van der Waals surface area contributed by atoms with E-state index in [1.165, 1.54) is 5.57 Å². The summed E-state index contributed by atoms with van der Waals surface area (Å²) in [4.78, 5) is 0. The van der Waals surface area contributed by atoms with E-state index in [2.05, 4.69) is 47.6 Å². The van der Waals surface area contributed by atoms with E-state index >= 15 is 0 Å². The Morgan fingerprint density at radius 1 is 0.732 bits per heavy atom. The van der Waals surface area contributed by atoms with E-state index in [1.807, 2.05) is 6.92 Å². The molecule has 0 aromatic rings. The summed E-state index contributed by atoms with van der Waals surface area (Å²) in [6.45, 7) is 15.4. The first-order valence-corrected chi connectivity index (χ1v) is 21.1. The zero-order valence-corrected chi connectivity index (χ0v) is 34.1. The molecule has 4 aliphatic heterocycles. The molecule has 56 heavy (non-hydrogen) atoms. The number of aliphatic hydroxyl groups is 8. The zero-order valence-electron chi connectivity index (χ0n) is 34.1. The number of aliphatic hydroxyl groups excluding tert-OH is 7. The van der Waals surface area contributed by atoms with Crippen LogP contribution < -0.4 is 0 Å². The first kappa shape index (κ1) is 41.9. The Kier molecular flexibility index (Phi) is 10.6. The lowest BCUT2D eigenvalue weighted by Crippen LogP contribution is -2.68. The van der Waals surface area contributed by atoms with Crippen LogP contribution in [0, 0.1) is 51.2 Å². The molecule has 14 nitrogen and oxygen atoms in total. The number of fused-ring (bicyclic) bond motifs is 4. The summed E-state index contributed by atoms with van der Waals surface area (Å²) in [6.07, 6.45) is -6.79. The Bertz CT molecular complexity index is 1500. The summed E-state index contributed by atoms with van der Waals surface area (Å²) in [7, 11) is 0. The van der Waals surface area contributed by atoms with E-state index in [9.17, 15) is 40.9 Å². The minimum absolute atomic E-state index is 0.0284. The van der Waals surface area contributed by atoms with Crippen LogP contribution in [0.3, 0.4) is 0 Å². The Hall–Kier alpha value is -0.820. The minimum atomic E-state index is -1.75. The van der Waals surface area contributed by atoms with Gasteiger partial charge in [0.2, 0.25) is 0 Å². The van der Waals surface area contributed by atoms with Crippen molar-refractivity contribution >= 4 is 0 Å². The number of rotatable bonds is 7. The second-order valence-corrected chi connectivity index (χ2v) is 20.5. The van der Waals surface area contributed by atoms with Crippen LogP contribution in [0.1, 0.15) is 93.4 Å². The van der Waals surface area contributed by atoms with Crippen molar-refractivity contribution in [2.75, 3.05) is 26.4 Å². The van der Waals surface area contributed by atoms with Gasteiger partial charge in [0, 0.05) is 23.7 Å². The third-order valence-electron chi connectivity index (χ3n) is 17.3. The van der Waals surface area contributed by atoms with Gasteiger partial charge in [0.05, 0.1) is 38.1 Å². The first-order chi connectivity index (χ1) is 26.2. The molecule has 320 valence electrons. The fourth-order valence-corrected chi connectivity index (χ4v) is 14.6. The lowest BCUT2D eigenvalue weighted by molar-refractivity contribution is -0.370. The highest BCUT2D eigenvalue weighted by Crippen LogP contribution is 2.80. The summed E-state index contributed by atoms with van der Waals surface area (Å²) in [5.41, 5.74) is -0.302. The summed E-state index contributed by atoms with van der Waals surface area (Å²) in [6, 6.07) is 0. The van der Waals surface area contributed by atoms with Crippen LogP contribution in [-0.2, 0) is 28.4 Å². The van der Waals surface area contributed by atoms with Gasteiger partial charge < -0.3 is 69.3 Å². The van der Waals surface area contributed by atoms with Crippen LogP contribution >= 0.6 is 0 Å². The van der Waals surface area contributed by atoms with Crippen molar-refractivity contribution in [3.8, 4) is 0 Å². The number of hydrogen-bond donors (Lipinski definition) is 8. The van der Waals surface area contributed by atoms with Gasteiger partial charge in [-0.1, -0.05) is 39.3 Å². The van der Waals surface area contributed by atoms with E-state index in [1.54, 1.807) is 0 Å². The van der Waals surface area contributed by atoms with Crippen molar-refractivity contribution in [3.05, 3.63) is 11.6 Å². The van der Waals surface area contributed by atoms with E-state index in [-0.39, 0.29) is 45.5 Å². The lowest BCUT2D eigenvalue weighted by atomic mass is 9.35. The van der Waals surface area contributed by atoms with Gasteiger partial charge in [0.25, 0.3) is 0 Å². The molecule has 4 saturated heterocycles. The molecule has 8 rings (SSSR count). The topological polar surface area (TPSA) is 217 Å². The molecule has 2 spiro atoms. The Morgan fingerprint density at radius 2 is 1.39 bits per heavy atom. The molecule has 4 unspecified atom stereocenters. The maximum atomic E-state index is 12.3. The van der Waals surface area contributed by atoms with Gasteiger partial charge in [0.15, 0.2) is 18.4 Å². The van der Waals surface area contributed by atoms with Crippen molar-refractivity contribution < 1.29 is 69.3 Å². The number of ether oxygens (including phenoxy) is 6. The van der Waals surface area contributed by atoms with Crippen LogP contribution in [0.5, 0.6) is 0 Å². The van der Waals surface area contributed by atoms with Gasteiger partial charge in [-0.15, -0.1) is 0 Å². The predicted octanol–water partition coefficient (Wildman–Crippen LogP) is 1.36. The van der Waals surface area contributed by atoms with E-state index < -0.39 is 86.0 Å². The highest BCUT2D eigenvalue weighted by Gasteiger charge is 2.81. The maximum Gasteiger partial charge on any atom is 0.187 e. The van der Waals surface area contributed by atoms with Crippen molar-refractivity contribution in [1.82, 2.24) is 0 Å². The molecular weight excluding hydrogens is 728 g/mol. The molecular formula is C42H68O14. The SMILES string of the molecule is CC(C)=C[C@H]1CO[C@@]23C[C@@]4(CO2)C(CCC2[C@]5(C)CC[C@@H](O[C@@H]6O[C@H](CO)[C@@H](O)[C@H](O[C@@H]7O[C@H](CO)[C@@H](O)[C@H](O)[C@H]7O)[C@H]6O)C(C)(C)C5CC[C@@]24C)C3[C@]1(C)O. The van der Waals surface area contributed by atoms with Gasteiger partial charge in [-0.3, -0.25) is 0 Å². The molecule has 0 aromatic heterocycles. The highest BCUT2D eigenvalue weighted by atomic mass is 16.7. The van der Waals surface area contributed by atoms with E-state index in [4.69, 9.17) is 28.4 Å². The average Bonchev–Trinajstić information content (AvgIpc) is 3.67. The molecule has 4 heterocycles. The second kappa shape index (κ2) is 14.1. The monoisotopic (exact) mass is 796 g/mol. The van der Waals surface area contributed by atoms with Crippen LogP contribution in [0.2, 0.25) is 0 Å². The molecule has 8 N–H and O–H groups in total. The van der Waals surface area contributed by atoms with Crippen molar-refractivity contribution in [2.24, 2.45) is 51.2 Å². The van der Waals surface area contributed by atoms with E-state index in [0.717, 1.165) is 38.5 Å². The molecule has 8 fully saturated rings. The molecule has 2 bridgehead atoms. The molecule has 0 radical (unpaired) electrons. The third kappa shape index (κ3) is 5.79. The minimum Gasteiger partial charge on any atom is -0.394 e. The van der Waals surface area contributed by atoms with Crippen LogP contribution in [-0.4, -0.2) is 146 Å². The highest BCUT2D eigenvalue weighted by molar-refractivity contribution is 5.27. The fourth-order valence-electron chi connectivity index (χ4n) is 14.6. The van der Waals surface area contributed by atoms with E-state index in [0.29, 0.717) is 31.5 Å². The number of allylic oxidation sites excluding steroid dienone is 1. The Balaban J connectivity index is 1.01. The first-order valence-electron chi connectivity index (χ1n) is 21.1. The Labute approximate surface area is 330 Å². The smallest absolute Gasteiger partial charge is 0.187 e. The van der Waals surface area contributed by atoms with Gasteiger partial charge in [-0.25, -0.2) is 0 Å². The molecule has 14 heteroatoms. The molecule has 4 aliphatic carbocycles. The zero-order chi connectivity index (χ0) is 40.5. The molecule has 4 saturated carbocycles. The van der Waals surface area contributed by atoms with Gasteiger partial charge >= 0.3 is 0 Å². The average molecular weight is 797 g/mol. The Morgan fingerprint density at radius 3 is 2.05 bits per heavy atom. The van der Waals surface area contributed by atoms with Crippen LogP contribution in [0.25, 0.3) is 0 Å². The van der Waals surface area contributed by atoms with Crippen LogP contribution in [0.15, 0.2) is 11.6 Å². The van der Waals surface area contributed by atoms with Crippen LogP contribution in [0.4, 0.5) is 0 Å². The van der Waals surface area contributed by atoms with Crippen molar-refractivity contribution in [2.45, 2.75) is 172 Å². The third-order valence-corrected chi connectivity index (χ3v) is 17.3. The second-order valence-electron chi connectivity index (χ2n) is 20.5. The summed E-state index contributed by atoms with van der Waals surface area (Å²) >= 11 is 0. The predicted molar refractivity (Wildman–Crippen MR) is 198 cm³/mol. The summed E-state index contributed by atoms with van der Waals surface area (Å²) < 4.78 is 37.5. The van der Waals surface area contributed by atoms with Gasteiger partial charge in [0.1, 0.15) is 48.8 Å². The summed E-state index contributed by atoms with van der Waals surface area (Å²) in [5, 5.41) is 86.1. The molecule has 0 amide bonds. The normalized spacial score (nSPS) is 57.4. The van der Waals surface area contributed by atoms with Gasteiger partial charge in [-0.2, -0.15) is 0 Å². The van der Waals surface area contributed by atoms with Crippen molar-refractivity contribution in [3.63, 3.8) is 0 Å². The standard InChI is InChI=1S/C42H68O14/c1-20(2)14-21-17-51-42-18-41(19-52-42)22(34(42)40(21,7)50)8-9-26-38(5)12-11-27(37(3,4)25(38)10-13-39(26,41)6)55-36-32(49)33(29(46)24(16-44)54-36)56-35-31(48)30(47)28(45)23(15-43)53-35/h14,21-36,43-50H,8-13,15-19H2,1-7H3/t21-,22?,23+,24+,25?,26?,27+,28+,29+,30-,31+,32+,33-,34?,35-,36-,38+,39-,40+,41+,42-/m0/s1. The maximum absolute atomic E-state index is 12.3. The quantitative estimate of drug-likeness (QED) is 0.135. The van der Waals surface area contributed by atoms with Crippen molar-refractivity contribution in [1.29, 1.82) is 0 Å². The summed E-state index contributed by atoms with van der Waals surface area (Å²) in [5.74, 6) is 0.0262. The molecule has 8 aliphatic rings. The molecule has 0 aromatic carbocycles. The van der Waals surface area contributed by atoms with Gasteiger partial charge in [-0.05, 0) is 93.3 Å².